The Balaban J connectivity index is 4.56. The molecule has 0 aromatic heterocycles. The third-order valence-electron chi connectivity index (χ3n) is 1.15. The zero-order valence-corrected chi connectivity index (χ0v) is 8.19. The van der Waals surface area contributed by atoms with E-state index in [0.29, 0.717) is 0 Å². The Morgan fingerprint density at radius 3 is 1.67 bits per heavy atom. The monoisotopic (exact) mass is 200 g/mol. The molecule has 0 fully saturated rings. The maximum atomic E-state index is 10.5. The maximum Gasteiger partial charge on any atom is 0.390 e. The van der Waals surface area contributed by atoms with Crippen molar-refractivity contribution in [1.29, 1.82) is 0 Å². The Kier molecular flexibility index (Phi) is 3.07. The molecule has 0 radical (unpaired) electrons. The number of quaternary nitrogens is 1. The van der Waals surface area contributed by atoms with Crippen molar-refractivity contribution < 1.29 is 29.0 Å². The summed E-state index contributed by atoms with van der Waals surface area (Å²) in [6.45, 7) is -0.433. The van der Waals surface area contributed by atoms with Gasteiger partial charge in [-0.05, 0) is 0 Å². The minimum atomic E-state index is -4.87. The largest absolute Gasteiger partial charge is 0.390 e. The Hall–Kier alpha value is 0.0300. The molecule has 0 atom stereocenters. The number of nitrogens with zero attached hydrogens (tertiary/aromatic N) is 1. The molecule has 0 saturated heterocycles. The molecular formula is C5H15NO5P+. The molecule has 0 aliphatic carbocycles. The van der Waals surface area contributed by atoms with Crippen LogP contribution in [0, 0.1) is 0 Å². The molecule has 74 valence electrons. The van der Waals surface area contributed by atoms with Gasteiger partial charge in [0.05, 0.1) is 21.1 Å². The molecule has 0 aliphatic rings. The third kappa shape index (κ3) is 3.62. The number of likely N-dealkylation sites (N-methyl/N-ethyl adjacent to an activating group) is 1. The molecular weight excluding hydrogens is 185 g/mol. The van der Waals surface area contributed by atoms with Crippen LogP contribution in [0.5, 0.6) is 0 Å². The normalized spacial score (nSPS) is 14.9. The van der Waals surface area contributed by atoms with Gasteiger partial charge < -0.3 is 24.5 Å². The van der Waals surface area contributed by atoms with Gasteiger partial charge >= 0.3 is 13.1 Å². The molecule has 0 amide bonds. The fraction of sp³-hybridized carbons (Fsp3) is 1.00. The van der Waals surface area contributed by atoms with E-state index in [9.17, 15) is 4.57 Å². The average Bonchev–Trinajstić information content (AvgIpc) is 1.52. The molecule has 0 bridgehead atoms. The summed E-state index contributed by atoms with van der Waals surface area (Å²) in [4.78, 5) is 17.0. The van der Waals surface area contributed by atoms with Gasteiger partial charge in [-0.3, -0.25) is 4.57 Å². The van der Waals surface area contributed by atoms with Crippen LogP contribution in [0.4, 0.5) is 0 Å². The first-order valence-electron chi connectivity index (χ1n) is 3.26. The van der Waals surface area contributed by atoms with E-state index in [4.69, 9.17) is 20.0 Å². The fourth-order valence-corrected chi connectivity index (χ4v) is 1.34. The van der Waals surface area contributed by atoms with E-state index in [1.165, 1.54) is 0 Å². The molecule has 0 aliphatic heterocycles. The number of aliphatic hydroxyl groups is 2. The molecule has 0 heterocycles. The molecule has 7 heteroatoms. The van der Waals surface area contributed by atoms with Crippen LogP contribution in [-0.2, 0) is 4.57 Å². The lowest BCUT2D eigenvalue weighted by Crippen LogP contribution is -2.49. The first-order chi connectivity index (χ1) is 4.96. The van der Waals surface area contributed by atoms with Crippen molar-refractivity contribution in [3.63, 3.8) is 0 Å². The van der Waals surface area contributed by atoms with Gasteiger partial charge in [-0.2, -0.15) is 0 Å². The van der Waals surface area contributed by atoms with E-state index in [1.54, 1.807) is 21.1 Å². The summed E-state index contributed by atoms with van der Waals surface area (Å²) < 4.78 is 10.6. The van der Waals surface area contributed by atoms with Gasteiger partial charge in [-0.15, -0.1) is 0 Å². The van der Waals surface area contributed by atoms with Crippen LogP contribution in [-0.4, -0.2) is 57.7 Å². The lowest BCUT2D eigenvalue weighted by atomic mass is 10.5. The lowest BCUT2D eigenvalue weighted by molar-refractivity contribution is -0.878. The fourth-order valence-electron chi connectivity index (χ4n) is 0.729. The predicted molar refractivity (Wildman–Crippen MR) is 42.1 cm³/mol. The minimum absolute atomic E-state index is 0.0537. The van der Waals surface area contributed by atoms with Crippen LogP contribution in [0.1, 0.15) is 0 Å². The zero-order chi connectivity index (χ0) is 10.2. The second-order valence-corrected chi connectivity index (χ2v) is 5.57. The molecule has 6 nitrogen and oxygen atoms in total. The van der Waals surface area contributed by atoms with Crippen LogP contribution >= 0.6 is 7.60 Å². The molecule has 0 unspecified atom stereocenters. The smallest absolute Gasteiger partial charge is 0.352 e. The van der Waals surface area contributed by atoms with Gasteiger partial charge in [0.25, 0.3) is 0 Å². The van der Waals surface area contributed by atoms with E-state index >= 15 is 0 Å². The molecule has 0 spiro atoms. The van der Waals surface area contributed by atoms with E-state index in [0.717, 1.165) is 0 Å². The summed E-state index contributed by atoms with van der Waals surface area (Å²) in [5.74, 6) is 0. The summed E-state index contributed by atoms with van der Waals surface area (Å²) in [6, 6.07) is 0. The van der Waals surface area contributed by atoms with Crippen molar-refractivity contribution in [3.8, 4) is 0 Å². The average molecular weight is 200 g/mol. The second-order valence-electron chi connectivity index (χ2n) is 3.77. The molecule has 0 aromatic rings. The SMILES string of the molecule is C[N+](C)(C)CC(O)(O)P(=O)(O)O. The highest BCUT2D eigenvalue weighted by Gasteiger charge is 2.48. The van der Waals surface area contributed by atoms with Crippen LogP contribution in [0.2, 0.25) is 0 Å². The zero-order valence-electron chi connectivity index (χ0n) is 7.30. The Morgan fingerprint density at radius 1 is 1.25 bits per heavy atom. The number of hydrogen-bond acceptors (Lipinski definition) is 3. The van der Waals surface area contributed by atoms with Crippen molar-refractivity contribution >= 4 is 7.60 Å². The highest BCUT2D eigenvalue weighted by molar-refractivity contribution is 7.53. The lowest BCUT2D eigenvalue weighted by Gasteiger charge is -2.31. The van der Waals surface area contributed by atoms with Gasteiger partial charge in [-0.1, -0.05) is 0 Å². The first-order valence-corrected chi connectivity index (χ1v) is 4.88. The van der Waals surface area contributed by atoms with Gasteiger partial charge in [0.2, 0.25) is 0 Å². The van der Waals surface area contributed by atoms with Crippen LogP contribution in [0.15, 0.2) is 0 Å². The number of hydrogen-bond donors (Lipinski definition) is 4. The van der Waals surface area contributed by atoms with Crippen molar-refractivity contribution in [2.45, 2.75) is 5.53 Å². The minimum Gasteiger partial charge on any atom is -0.352 e. The predicted octanol–water partition coefficient (Wildman–Crippen LogP) is -1.49. The van der Waals surface area contributed by atoms with Gasteiger partial charge in [0.15, 0.2) is 0 Å². The summed E-state index contributed by atoms with van der Waals surface area (Å²) >= 11 is 0. The molecule has 0 aromatic carbocycles. The van der Waals surface area contributed by atoms with Crippen molar-refractivity contribution in [2.24, 2.45) is 0 Å². The van der Waals surface area contributed by atoms with E-state index in [1.807, 2.05) is 0 Å². The highest BCUT2D eigenvalue weighted by atomic mass is 31.2. The van der Waals surface area contributed by atoms with Crippen molar-refractivity contribution in [3.05, 3.63) is 0 Å². The molecule has 4 N–H and O–H groups in total. The second kappa shape index (κ2) is 3.06. The number of rotatable bonds is 3. The molecule has 0 saturated carbocycles. The summed E-state index contributed by atoms with van der Waals surface area (Å²) in [6.07, 6.45) is 0. The molecule has 12 heavy (non-hydrogen) atoms. The van der Waals surface area contributed by atoms with Gasteiger partial charge in [0.1, 0.15) is 6.54 Å². The first kappa shape index (κ1) is 12.0. The Morgan fingerprint density at radius 2 is 1.58 bits per heavy atom. The van der Waals surface area contributed by atoms with E-state index in [-0.39, 0.29) is 4.48 Å². The standard InChI is InChI=1S/C5H14NO5P/c1-6(2,3)4-5(7,8)12(9,10)11/h7-8H,4H2,1-3H3,(H-,9,10,11)/p+1. The summed E-state index contributed by atoms with van der Waals surface area (Å²) in [7, 11) is -0.0873. The van der Waals surface area contributed by atoms with Crippen LogP contribution < -0.4 is 0 Å². The summed E-state index contributed by atoms with van der Waals surface area (Å²) in [5, 5.41) is 17.9. The topological polar surface area (TPSA) is 98.0 Å². The van der Waals surface area contributed by atoms with E-state index in [2.05, 4.69) is 0 Å². The van der Waals surface area contributed by atoms with E-state index < -0.39 is 19.7 Å². The molecule has 0 rings (SSSR count). The van der Waals surface area contributed by atoms with Crippen LogP contribution in [0.25, 0.3) is 0 Å². The van der Waals surface area contributed by atoms with Crippen molar-refractivity contribution in [1.82, 2.24) is 0 Å². The maximum absolute atomic E-state index is 10.5. The third-order valence-corrected chi connectivity index (χ3v) is 2.23. The van der Waals surface area contributed by atoms with Gasteiger partial charge in [0, 0.05) is 0 Å². The van der Waals surface area contributed by atoms with Gasteiger partial charge in [-0.25, -0.2) is 0 Å². The highest BCUT2D eigenvalue weighted by Crippen LogP contribution is 2.47. The Bertz CT molecular complexity index is 202. The van der Waals surface area contributed by atoms with Crippen molar-refractivity contribution in [2.75, 3.05) is 27.7 Å². The Labute approximate surface area is 70.8 Å². The quantitative estimate of drug-likeness (QED) is 0.253. The summed E-state index contributed by atoms with van der Waals surface area (Å²) in [5.41, 5.74) is -2.94. The van der Waals surface area contributed by atoms with Crippen LogP contribution in [0.3, 0.4) is 0 Å².